The van der Waals surface area contributed by atoms with E-state index in [4.69, 9.17) is 0 Å². The summed E-state index contributed by atoms with van der Waals surface area (Å²) in [6.45, 7) is 7.54. The van der Waals surface area contributed by atoms with Crippen LogP contribution in [0.1, 0.15) is 57.2 Å². The molecule has 2 aliphatic rings. The van der Waals surface area contributed by atoms with E-state index in [1.807, 2.05) is 24.3 Å². The van der Waals surface area contributed by atoms with Crippen molar-refractivity contribution in [3.63, 3.8) is 0 Å². The number of amides is 2. The highest BCUT2D eigenvalue weighted by atomic mass is 16.3. The van der Waals surface area contributed by atoms with Gasteiger partial charge >= 0.3 is 0 Å². The lowest BCUT2D eigenvalue weighted by molar-refractivity contribution is -0.134. The molecule has 2 fully saturated rings. The molecule has 0 aliphatic carbocycles. The summed E-state index contributed by atoms with van der Waals surface area (Å²) in [7, 11) is 0. The first-order valence-electron chi connectivity index (χ1n) is 12.2. The quantitative estimate of drug-likeness (QED) is 0.668. The Morgan fingerprint density at radius 2 is 1.91 bits per heavy atom. The highest BCUT2D eigenvalue weighted by Crippen LogP contribution is 2.34. The van der Waals surface area contributed by atoms with Gasteiger partial charge in [0.05, 0.1) is 6.10 Å². The van der Waals surface area contributed by atoms with Gasteiger partial charge in [-0.25, -0.2) is 0 Å². The van der Waals surface area contributed by atoms with Crippen molar-refractivity contribution in [1.82, 2.24) is 14.8 Å². The molecule has 0 bridgehead atoms. The minimum Gasteiger partial charge on any atom is -0.391 e. The van der Waals surface area contributed by atoms with Gasteiger partial charge in [0.2, 0.25) is 0 Å². The van der Waals surface area contributed by atoms with E-state index in [9.17, 15) is 20.0 Å². The molecule has 1 N–H and O–H groups in total. The second kappa shape index (κ2) is 10.0. The van der Waals surface area contributed by atoms with Crippen LogP contribution in [0.25, 0.3) is 0 Å². The van der Waals surface area contributed by atoms with Crippen LogP contribution in [-0.2, 0) is 15.0 Å². The predicted octanol–water partition coefficient (Wildman–Crippen LogP) is 2.99. The molecule has 2 saturated heterocycles. The zero-order valence-electron chi connectivity index (χ0n) is 20.6. The molecular weight excluding hydrogens is 442 g/mol. The summed E-state index contributed by atoms with van der Waals surface area (Å²) in [4.78, 5) is 36.9. The molecular formula is C27H33N5O3. The van der Waals surface area contributed by atoms with Crippen LogP contribution >= 0.6 is 0 Å². The van der Waals surface area contributed by atoms with Crippen LogP contribution in [0.5, 0.6) is 0 Å². The molecule has 1 unspecified atom stereocenters. The Balaban J connectivity index is 1.82. The first kappa shape index (κ1) is 24.7. The van der Waals surface area contributed by atoms with Crippen molar-refractivity contribution in [3.05, 3.63) is 59.9 Å². The molecule has 184 valence electrons. The van der Waals surface area contributed by atoms with Crippen molar-refractivity contribution in [3.8, 4) is 6.19 Å². The van der Waals surface area contributed by atoms with Gasteiger partial charge in [0.15, 0.2) is 6.19 Å². The number of β-amino-alcohol motifs (C(OH)–C–C–N with tert-alkyl or cyclic N) is 1. The number of benzene rings is 1. The highest BCUT2D eigenvalue weighted by Gasteiger charge is 2.42. The van der Waals surface area contributed by atoms with E-state index >= 15 is 0 Å². The number of hydrogen-bond donors (Lipinski definition) is 1. The highest BCUT2D eigenvalue weighted by molar-refractivity contribution is 6.04. The second-order valence-electron chi connectivity index (χ2n) is 10.4. The van der Waals surface area contributed by atoms with Crippen LogP contribution in [-0.4, -0.2) is 63.5 Å². The molecule has 0 spiro atoms. The number of anilines is 1. The van der Waals surface area contributed by atoms with Crippen molar-refractivity contribution in [2.75, 3.05) is 24.5 Å². The lowest BCUT2D eigenvalue weighted by Crippen LogP contribution is -2.50. The maximum Gasteiger partial charge on any atom is 0.251 e. The molecule has 35 heavy (non-hydrogen) atoms. The molecule has 8 heteroatoms. The van der Waals surface area contributed by atoms with Crippen LogP contribution in [0.4, 0.5) is 5.69 Å². The molecule has 2 aromatic rings. The van der Waals surface area contributed by atoms with Crippen LogP contribution < -0.4 is 4.90 Å². The van der Waals surface area contributed by atoms with Gasteiger partial charge in [-0.3, -0.25) is 24.4 Å². The summed E-state index contributed by atoms with van der Waals surface area (Å²) in [5.74, 6) is -0.543. The molecule has 1 aromatic carbocycles. The Hall–Kier alpha value is -3.44. The molecule has 0 radical (unpaired) electrons. The van der Waals surface area contributed by atoms with Gasteiger partial charge in [0, 0.05) is 43.3 Å². The maximum atomic E-state index is 14.1. The zero-order valence-corrected chi connectivity index (χ0v) is 20.6. The van der Waals surface area contributed by atoms with E-state index in [0.29, 0.717) is 37.2 Å². The Morgan fingerprint density at radius 1 is 1.17 bits per heavy atom. The summed E-state index contributed by atoms with van der Waals surface area (Å²) in [5, 5.41) is 19.7. The van der Waals surface area contributed by atoms with Gasteiger partial charge < -0.3 is 10.0 Å². The number of aliphatic hydroxyl groups is 1. The van der Waals surface area contributed by atoms with Gasteiger partial charge in [-0.15, -0.1) is 0 Å². The first-order valence-corrected chi connectivity index (χ1v) is 12.2. The number of pyridine rings is 1. The Labute approximate surface area is 206 Å². The van der Waals surface area contributed by atoms with E-state index in [-0.39, 0.29) is 23.8 Å². The summed E-state index contributed by atoms with van der Waals surface area (Å²) in [5.41, 5.74) is 2.23. The monoisotopic (exact) mass is 475 g/mol. The first-order chi connectivity index (χ1) is 16.7. The molecule has 2 amide bonds. The number of carbonyl (C=O) groups is 2. The average molecular weight is 476 g/mol. The fourth-order valence-corrected chi connectivity index (χ4v) is 4.88. The number of rotatable bonds is 5. The van der Waals surface area contributed by atoms with E-state index in [1.54, 1.807) is 29.4 Å². The fraction of sp³-hybridized carbons (Fsp3) is 0.481. The molecule has 3 heterocycles. The summed E-state index contributed by atoms with van der Waals surface area (Å²) >= 11 is 0. The SMILES string of the molecule is CC(C)(C)c1ccc(N(C(=O)[C@H]2CCCN2C#N)C(C(=O)N2CC[C@H](O)C2)c2cccnc2)cc1. The van der Waals surface area contributed by atoms with Crippen molar-refractivity contribution in [1.29, 1.82) is 5.26 Å². The predicted molar refractivity (Wildman–Crippen MR) is 132 cm³/mol. The number of hydrogen-bond acceptors (Lipinski definition) is 6. The summed E-state index contributed by atoms with van der Waals surface area (Å²) < 4.78 is 0. The topological polar surface area (TPSA) is 101 Å². The van der Waals surface area contributed by atoms with Crippen molar-refractivity contribution < 1.29 is 14.7 Å². The second-order valence-corrected chi connectivity index (χ2v) is 10.4. The van der Waals surface area contributed by atoms with E-state index in [1.165, 1.54) is 9.80 Å². The molecule has 4 rings (SSSR count). The Bertz CT molecular complexity index is 1090. The normalized spacial score (nSPS) is 21.0. The minimum atomic E-state index is -0.955. The maximum absolute atomic E-state index is 14.1. The van der Waals surface area contributed by atoms with Crippen LogP contribution in [0.3, 0.4) is 0 Å². The minimum absolute atomic E-state index is 0.0688. The fourth-order valence-electron chi connectivity index (χ4n) is 4.88. The standard InChI is InChI=1S/C27H33N5O3/c1-27(2,3)20-8-10-21(11-9-20)32(25(34)23-7-5-14-31(23)18-28)24(19-6-4-13-29-16-19)26(35)30-15-12-22(33)17-30/h4,6,8-11,13,16,22-24,33H,5,7,12,14-15,17H2,1-3H3/t22-,23+,24?/m0/s1. The lowest BCUT2D eigenvalue weighted by Gasteiger charge is -2.36. The van der Waals surface area contributed by atoms with Crippen molar-refractivity contribution >= 4 is 17.5 Å². The zero-order chi connectivity index (χ0) is 25.2. The lowest BCUT2D eigenvalue weighted by atomic mass is 9.87. The third-order valence-electron chi connectivity index (χ3n) is 6.88. The van der Waals surface area contributed by atoms with Crippen LogP contribution in [0.2, 0.25) is 0 Å². The molecule has 2 aliphatic heterocycles. The van der Waals surface area contributed by atoms with Gasteiger partial charge in [0.25, 0.3) is 11.8 Å². The van der Waals surface area contributed by atoms with E-state index in [2.05, 4.69) is 31.9 Å². The van der Waals surface area contributed by atoms with Gasteiger partial charge in [-0.2, -0.15) is 5.26 Å². The number of likely N-dealkylation sites (tertiary alicyclic amines) is 2. The largest absolute Gasteiger partial charge is 0.391 e. The average Bonchev–Trinajstić information content (AvgIpc) is 3.51. The summed E-state index contributed by atoms with van der Waals surface area (Å²) in [6, 6.07) is 9.67. The van der Waals surface area contributed by atoms with Gasteiger partial charge in [-0.1, -0.05) is 39.0 Å². The van der Waals surface area contributed by atoms with Gasteiger partial charge in [-0.05, 0) is 48.4 Å². The van der Waals surface area contributed by atoms with Gasteiger partial charge in [0.1, 0.15) is 12.1 Å². The number of aromatic nitrogens is 1. The van der Waals surface area contributed by atoms with Crippen LogP contribution in [0.15, 0.2) is 48.8 Å². The molecule has 3 atom stereocenters. The smallest absolute Gasteiger partial charge is 0.251 e. The number of nitrogens with zero attached hydrogens (tertiary/aromatic N) is 5. The third kappa shape index (κ3) is 5.15. The number of nitriles is 1. The Kier molecular flexibility index (Phi) is 7.08. The van der Waals surface area contributed by atoms with Crippen molar-refractivity contribution in [2.24, 2.45) is 0 Å². The molecule has 1 aromatic heterocycles. The van der Waals surface area contributed by atoms with Crippen molar-refractivity contribution in [2.45, 2.75) is 63.6 Å². The molecule has 8 nitrogen and oxygen atoms in total. The summed E-state index contributed by atoms with van der Waals surface area (Å²) in [6.07, 6.45) is 6.60. The number of aliphatic hydroxyl groups excluding tert-OH is 1. The van der Waals surface area contributed by atoms with E-state index in [0.717, 1.165) is 12.0 Å². The molecule has 0 saturated carbocycles. The van der Waals surface area contributed by atoms with E-state index < -0.39 is 18.2 Å². The number of carbonyl (C=O) groups excluding carboxylic acids is 2. The van der Waals surface area contributed by atoms with Crippen LogP contribution in [0, 0.1) is 11.5 Å². The third-order valence-corrected chi connectivity index (χ3v) is 6.88. The Morgan fingerprint density at radius 3 is 2.49 bits per heavy atom.